The first-order valence-corrected chi connectivity index (χ1v) is 7.79. The molecule has 7 heteroatoms. The topological polar surface area (TPSA) is 71.3 Å². The maximum atomic E-state index is 11.9. The number of benzene rings is 1. The Morgan fingerprint density at radius 2 is 2.04 bits per heavy atom. The zero-order valence-corrected chi connectivity index (χ0v) is 13.9. The van der Waals surface area contributed by atoms with Crippen LogP contribution in [0.4, 0.5) is 0 Å². The highest BCUT2D eigenvalue weighted by molar-refractivity contribution is 6.35. The van der Waals surface area contributed by atoms with Crippen LogP contribution in [0.3, 0.4) is 0 Å². The molecule has 1 unspecified atom stereocenters. The molecule has 1 aromatic heterocycles. The van der Waals surface area contributed by atoms with Crippen molar-refractivity contribution in [2.45, 2.75) is 19.4 Å². The van der Waals surface area contributed by atoms with Crippen LogP contribution in [0.1, 0.15) is 35.5 Å². The second kappa shape index (κ2) is 8.04. The molecule has 0 saturated heterocycles. The van der Waals surface area contributed by atoms with Crippen LogP contribution in [0.2, 0.25) is 10.0 Å². The van der Waals surface area contributed by atoms with Crippen LogP contribution < -0.4 is 10.6 Å². The molecule has 0 aliphatic heterocycles. The molecule has 1 atom stereocenters. The minimum Gasteiger partial charge on any atom is -0.459 e. The van der Waals surface area contributed by atoms with Crippen LogP contribution in [0.5, 0.6) is 0 Å². The third-order valence-electron chi connectivity index (χ3n) is 3.19. The summed E-state index contributed by atoms with van der Waals surface area (Å²) in [4.78, 5) is 23.6. The molecule has 2 rings (SSSR count). The second-order valence-electron chi connectivity index (χ2n) is 4.94. The van der Waals surface area contributed by atoms with Crippen molar-refractivity contribution in [1.82, 2.24) is 10.6 Å². The van der Waals surface area contributed by atoms with E-state index in [0.29, 0.717) is 10.0 Å². The van der Waals surface area contributed by atoms with Crippen LogP contribution >= 0.6 is 23.2 Å². The number of hydrogen-bond donors (Lipinski definition) is 2. The molecule has 0 radical (unpaired) electrons. The maximum absolute atomic E-state index is 11.9. The quantitative estimate of drug-likeness (QED) is 0.832. The number of carbonyl (C=O) groups is 2. The summed E-state index contributed by atoms with van der Waals surface area (Å²) in [6, 6.07) is 8.04. The number of nitrogens with one attached hydrogen (secondary N) is 2. The lowest BCUT2D eigenvalue weighted by Gasteiger charge is -2.16. The zero-order chi connectivity index (χ0) is 16.8. The summed E-state index contributed by atoms with van der Waals surface area (Å²) < 4.78 is 4.96. The van der Waals surface area contributed by atoms with Gasteiger partial charge in [-0.05, 0) is 36.8 Å². The van der Waals surface area contributed by atoms with Crippen molar-refractivity contribution in [3.63, 3.8) is 0 Å². The Kier molecular flexibility index (Phi) is 6.07. The second-order valence-corrected chi connectivity index (χ2v) is 5.78. The molecule has 1 aromatic carbocycles. The summed E-state index contributed by atoms with van der Waals surface area (Å²) in [5.41, 5.74) is 0.782. The first kappa shape index (κ1) is 17.4. The highest BCUT2D eigenvalue weighted by Gasteiger charge is 2.14. The van der Waals surface area contributed by atoms with Gasteiger partial charge in [-0.2, -0.15) is 0 Å². The third-order valence-corrected chi connectivity index (χ3v) is 3.75. The van der Waals surface area contributed by atoms with Gasteiger partial charge < -0.3 is 15.1 Å². The highest BCUT2D eigenvalue weighted by Crippen LogP contribution is 2.26. The maximum Gasteiger partial charge on any atom is 0.286 e. The van der Waals surface area contributed by atoms with E-state index < -0.39 is 0 Å². The number of hydrogen-bond acceptors (Lipinski definition) is 3. The first-order chi connectivity index (χ1) is 11.0. The molecular formula is C16H16Cl2N2O3. The van der Waals surface area contributed by atoms with Crippen LogP contribution in [-0.4, -0.2) is 18.4 Å². The van der Waals surface area contributed by atoms with Gasteiger partial charge in [0.2, 0.25) is 5.91 Å². The number of carbonyl (C=O) groups excluding carboxylic acids is 2. The Bertz CT molecular complexity index is 687. The predicted octanol–water partition coefficient (Wildman–Crippen LogP) is 3.58. The van der Waals surface area contributed by atoms with Crippen molar-refractivity contribution in [3.8, 4) is 0 Å². The Balaban J connectivity index is 1.79. The zero-order valence-electron chi connectivity index (χ0n) is 12.4. The summed E-state index contributed by atoms with van der Waals surface area (Å²) in [6.45, 7) is 2.04. The van der Waals surface area contributed by atoms with Crippen LogP contribution in [0.25, 0.3) is 0 Å². The van der Waals surface area contributed by atoms with Crippen LogP contribution in [0, 0.1) is 0 Å². The lowest BCUT2D eigenvalue weighted by molar-refractivity contribution is -0.121. The summed E-state index contributed by atoms with van der Waals surface area (Å²) in [6.07, 6.45) is 1.57. The smallest absolute Gasteiger partial charge is 0.286 e. The van der Waals surface area contributed by atoms with E-state index in [1.54, 1.807) is 30.3 Å². The average Bonchev–Trinajstić information content (AvgIpc) is 3.01. The van der Waals surface area contributed by atoms with Crippen LogP contribution in [0.15, 0.2) is 41.0 Å². The molecule has 2 amide bonds. The normalized spacial score (nSPS) is 11.8. The van der Waals surface area contributed by atoms with Gasteiger partial charge in [-0.15, -0.1) is 0 Å². The molecule has 2 N–H and O–H groups in total. The summed E-state index contributed by atoms with van der Waals surface area (Å²) in [5, 5.41) is 6.47. The molecule has 0 aliphatic carbocycles. The Morgan fingerprint density at radius 1 is 1.26 bits per heavy atom. The van der Waals surface area contributed by atoms with E-state index in [1.165, 1.54) is 6.26 Å². The predicted molar refractivity (Wildman–Crippen MR) is 88.7 cm³/mol. The Hall–Kier alpha value is -1.98. The largest absolute Gasteiger partial charge is 0.459 e. The van der Waals surface area contributed by atoms with Gasteiger partial charge in [0.25, 0.3) is 5.91 Å². The molecule has 5 nitrogen and oxygen atoms in total. The number of furan rings is 1. The minimum atomic E-state index is -0.350. The SMILES string of the molecule is CC(NC(=O)CCNC(=O)c1ccco1)c1ccc(Cl)cc1Cl. The molecule has 0 spiro atoms. The summed E-state index contributed by atoms with van der Waals surface area (Å²) in [7, 11) is 0. The molecule has 2 aromatic rings. The van der Waals surface area contributed by atoms with Gasteiger partial charge in [-0.25, -0.2) is 0 Å². The van der Waals surface area contributed by atoms with Gasteiger partial charge in [0.15, 0.2) is 5.76 Å². The van der Waals surface area contributed by atoms with Crippen molar-refractivity contribution < 1.29 is 14.0 Å². The molecule has 0 saturated carbocycles. The van der Waals surface area contributed by atoms with Gasteiger partial charge in [-0.3, -0.25) is 9.59 Å². The van der Waals surface area contributed by atoms with Crippen LogP contribution in [-0.2, 0) is 4.79 Å². The lowest BCUT2D eigenvalue weighted by atomic mass is 10.1. The fraction of sp³-hybridized carbons (Fsp3) is 0.250. The van der Waals surface area contributed by atoms with E-state index in [2.05, 4.69) is 10.6 Å². The molecule has 0 fully saturated rings. The highest BCUT2D eigenvalue weighted by atomic mass is 35.5. The van der Waals surface area contributed by atoms with E-state index in [-0.39, 0.29) is 36.6 Å². The van der Waals surface area contributed by atoms with E-state index >= 15 is 0 Å². The van der Waals surface area contributed by atoms with E-state index in [1.807, 2.05) is 6.92 Å². The fourth-order valence-electron chi connectivity index (χ4n) is 2.03. The molecule has 122 valence electrons. The van der Waals surface area contributed by atoms with Crippen molar-refractivity contribution >= 4 is 35.0 Å². The van der Waals surface area contributed by atoms with Crippen molar-refractivity contribution in [3.05, 3.63) is 58.0 Å². The minimum absolute atomic E-state index is 0.155. The van der Waals surface area contributed by atoms with Gasteiger partial charge >= 0.3 is 0 Å². The Morgan fingerprint density at radius 3 is 2.70 bits per heavy atom. The lowest BCUT2D eigenvalue weighted by Crippen LogP contribution is -2.32. The number of amides is 2. The monoisotopic (exact) mass is 354 g/mol. The van der Waals surface area contributed by atoms with E-state index in [9.17, 15) is 9.59 Å². The molecule has 1 heterocycles. The average molecular weight is 355 g/mol. The van der Waals surface area contributed by atoms with Crippen molar-refractivity contribution in [2.24, 2.45) is 0 Å². The van der Waals surface area contributed by atoms with Gasteiger partial charge in [0, 0.05) is 23.0 Å². The summed E-state index contributed by atoms with van der Waals surface area (Å²) in [5.74, 6) is -0.327. The molecule has 0 aliphatic rings. The Labute approximate surface area is 144 Å². The number of halogens is 2. The van der Waals surface area contributed by atoms with Crippen molar-refractivity contribution in [2.75, 3.05) is 6.54 Å². The van der Waals surface area contributed by atoms with Crippen molar-refractivity contribution in [1.29, 1.82) is 0 Å². The van der Waals surface area contributed by atoms with E-state index in [4.69, 9.17) is 27.6 Å². The molecular weight excluding hydrogens is 339 g/mol. The molecule has 0 bridgehead atoms. The summed E-state index contributed by atoms with van der Waals surface area (Å²) >= 11 is 12.0. The first-order valence-electron chi connectivity index (χ1n) is 7.03. The third kappa shape index (κ3) is 5.01. The van der Waals surface area contributed by atoms with Gasteiger partial charge in [-0.1, -0.05) is 29.3 Å². The van der Waals surface area contributed by atoms with E-state index in [0.717, 1.165) is 5.56 Å². The van der Waals surface area contributed by atoms with Gasteiger partial charge in [0.1, 0.15) is 0 Å². The standard InChI is InChI=1S/C16H16Cl2N2O3/c1-10(12-5-4-11(17)9-13(12)18)20-15(21)6-7-19-16(22)14-3-2-8-23-14/h2-5,8-10H,6-7H2,1H3,(H,19,22)(H,20,21). The van der Waals surface area contributed by atoms with Gasteiger partial charge in [0.05, 0.1) is 12.3 Å². The molecule has 23 heavy (non-hydrogen) atoms. The fourth-order valence-corrected chi connectivity index (χ4v) is 2.60. The number of rotatable bonds is 6.